The summed E-state index contributed by atoms with van der Waals surface area (Å²) in [4.78, 5) is 14.2. The van der Waals surface area contributed by atoms with Crippen LogP contribution < -0.4 is 5.32 Å². The highest BCUT2D eigenvalue weighted by Crippen LogP contribution is 2.27. The number of nitrogens with one attached hydrogen (secondary N) is 1. The highest BCUT2D eigenvalue weighted by Gasteiger charge is 2.28. The second kappa shape index (κ2) is 5.85. The number of carbonyl (C=O) groups is 1. The van der Waals surface area contributed by atoms with E-state index in [2.05, 4.69) is 19.2 Å². The van der Waals surface area contributed by atoms with Crippen molar-refractivity contribution in [3.8, 4) is 0 Å². The first-order valence-electron chi connectivity index (χ1n) is 6.66. The van der Waals surface area contributed by atoms with Crippen LogP contribution in [0.4, 0.5) is 0 Å². The van der Waals surface area contributed by atoms with E-state index in [4.69, 9.17) is 0 Å². The van der Waals surface area contributed by atoms with Gasteiger partial charge in [0.1, 0.15) is 0 Å². The normalized spacial score (nSPS) is 23.3. The predicted octanol–water partition coefficient (Wildman–Crippen LogP) is 2.51. The number of hydrogen-bond acceptors (Lipinski definition) is 3. The molecule has 100 valence electrons. The Morgan fingerprint density at radius 3 is 2.94 bits per heavy atom. The van der Waals surface area contributed by atoms with E-state index in [0.717, 1.165) is 30.6 Å². The number of aryl methyl sites for hydroxylation is 2. The monoisotopic (exact) mass is 267 g/mol. The first-order chi connectivity index (χ1) is 8.65. The Morgan fingerprint density at radius 2 is 2.33 bits per heavy atom. The first kappa shape index (κ1) is 13.6. The molecule has 0 saturated heterocycles. The molecule has 0 aromatic carbocycles. The van der Waals surface area contributed by atoms with Gasteiger partial charge in [-0.15, -0.1) is 11.3 Å². The molecule has 1 saturated carbocycles. The maximum Gasteiger partial charge on any atom is 0.261 e. The lowest BCUT2D eigenvalue weighted by Gasteiger charge is -2.18. The van der Waals surface area contributed by atoms with Gasteiger partial charge < -0.3 is 10.4 Å². The molecule has 0 radical (unpaired) electrons. The van der Waals surface area contributed by atoms with E-state index >= 15 is 0 Å². The van der Waals surface area contributed by atoms with Gasteiger partial charge >= 0.3 is 0 Å². The Balaban J connectivity index is 2.02. The Hall–Kier alpha value is -0.870. The van der Waals surface area contributed by atoms with Crippen LogP contribution in [0.25, 0.3) is 0 Å². The third kappa shape index (κ3) is 2.75. The lowest BCUT2D eigenvalue weighted by atomic mass is 10.1. The van der Waals surface area contributed by atoms with Crippen LogP contribution in [0.3, 0.4) is 0 Å². The van der Waals surface area contributed by atoms with E-state index in [1.54, 1.807) is 11.3 Å². The van der Waals surface area contributed by atoms with Crippen LogP contribution in [0.5, 0.6) is 0 Å². The molecule has 2 rings (SSSR count). The van der Waals surface area contributed by atoms with Gasteiger partial charge in [-0.3, -0.25) is 4.79 Å². The van der Waals surface area contributed by atoms with Gasteiger partial charge in [0, 0.05) is 23.4 Å². The molecule has 0 bridgehead atoms. The van der Waals surface area contributed by atoms with Crippen LogP contribution in [-0.4, -0.2) is 23.7 Å². The van der Waals surface area contributed by atoms with Gasteiger partial charge in [-0.05, 0) is 37.8 Å². The molecule has 1 aromatic rings. The standard InChI is InChI=1S/C14H21NO2S/c1-3-10-7-13(18-9(10)2)14(17)15-12-6-4-5-11(12)8-16/h7,11-12,16H,3-6,8H2,1-2H3,(H,15,17). The molecule has 1 aliphatic carbocycles. The quantitative estimate of drug-likeness (QED) is 0.880. The summed E-state index contributed by atoms with van der Waals surface area (Å²) in [5.41, 5.74) is 1.26. The van der Waals surface area contributed by atoms with Crippen molar-refractivity contribution < 1.29 is 9.90 Å². The van der Waals surface area contributed by atoms with Crippen LogP contribution in [0.1, 0.15) is 46.3 Å². The average molecular weight is 267 g/mol. The molecule has 1 heterocycles. The highest BCUT2D eigenvalue weighted by molar-refractivity contribution is 7.14. The fourth-order valence-corrected chi connectivity index (χ4v) is 3.68. The Morgan fingerprint density at radius 1 is 1.56 bits per heavy atom. The molecular formula is C14H21NO2S. The molecule has 1 amide bonds. The minimum Gasteiger partial charge on any atom is -0.396 e. The second-order valence-electron chi connectivity index (χ2n) is 5.00. The van der Waals surface area contributed by atoms with Crippen molar-refractivity contribution in [1.29, 1.82) is 0 Å². The summed E-state index contributed by atoms with van der Waals surface area (Å²) in [5, 5.41) is 12.3. The molecule has 2 atom stereocenters. The van der Waals surface area contributed by atoms with Crippen molar-refractivity contribution >= 4 is 17.2 Å². The third-order valence-corrected chi connectivity index (χ3v) is 4.93. The zero-order chi connectivity index (χ0) is 13.1. The number of carbonyl (C=O) groups excluding carboxylic acids is 1. The van der Waals surface area contributed by atoms with Gasteiger partial charge in [0.25, 0.3) is 5.91 Å². The Bertz CT molecular complexity index is 427. The number of hydrogen-bond donors (Lipinski definition) is 2. The van der Waals surface area contributed by atoms with Gasteiger partial charge in [-0.1, -0.05) is 13.3 Å². The van der Waals surface area contributed by atoms with E-state index < -0.39 is 0 Å². The van der Waals surface area contributed by atoms with E-state index in [1.165, 1.54) is 10.4 Å². The van der Waals surface area contributed by atoms with E-state index in [1.807, 2.05) is 6.07 Å². The molecule has 1 aromatic heterocycles. The molecule has 0 aliphatic heterocycles. The SMILES string of the molecule is CCc1cc(C(=O)NC2CCCC2CO)sc1C. The van der Waals surface area contributed by atoms with Crippen LogP contribution in [0.2, 0.25) is 0 Å². The summed E-state index contributed by atoms with van der Waals surface area (Å²) >= 11 is 1.56. The summed E-state index contributed by atoms with van der Waals surface area (Å²) < 4.78 is 0. The van der Waals surface area contributed by atoms with Crippen LogP contribution in [0, 0.1) is 12.8 Å². The molecule has 2 N–H and O–H groups in total. The molecule has 1 aliphatic rings. The van der Waals surface area contributed by atoms with Gasteiger partial charge in [-0.25, -0.2) is 0 Å². The molecule has 0 spiro atoms. The van der Waals surface area contributed by atoms with Crippen LogP contribution >= 0.6 is 11.3 Å². The minimum absolute atomic E-state index is 0.0214. The lowest BCUT2D eigenvalue weighted by molar-refractivity contribution is 0.0920. The number of aliphatic hydroxyl groups excluding tert-OH is 1. The van der Waals surface area contributed by atoms with Gasteiger partial charge in [0.05, 0.1) is 4.88 Å². The van der Waals surface area contributed by atoms with Gasteiger partial charge in [-0.2, -0.15) is 0 Å². The first-order valence-corrected chi connectivity index (χ1v) is 7.48. The van der Waals surface area contributed by atoms with E-state index in [-0.39, 0.29) is 24.5 Å². The average Bonchev–Trinajstić information content (AvgIpc) is 2.95. The molecule has 4 heteroatoms. The van der Waals surface area contributed by atoms with Crippen molar-refractivity contribution in [2.24, 2.45) is 5.92 Å². The van der Waals surface area contributed by atoms with Crippen molar-refractivity contribution in [2.75, 3.05) is 6.61 Å². The summed E-state index contributed by atoms with van der Waals surface area (Å²) in [6, 6.07) is 2.15. The zero-order valence-electron chi connectivity index (χ0n) is 11.0. The number of amides is 1. The largest absolute Gasteiger partial charge is 0.396 e. The van der Waals surface area contributed by atoms with E-state index in [0.29, 0.717) is 0 Å². The summed E-state index contributed by atoms with van der Waals surface area (Å²) in [6.07, 6.45) is 4.07. The van der Waals surface area contributed by atoms with Crippen LogP contribution in [-0.2, 0) is 6.42 Å². The fourth-order valence-electron chi connectivity index (χ4n) is 2.67. The summed E-state index contributed by atoms with van der Waals surface area (Å²) in [7, 11) is 0. The Kier molecular flexibility index (Phi) is 4.40. The highest BCUT2D eigenvalue weighted by atomic mass is 32.1. The number of rotatable bonds is 4. The second-order valence-corrected chi connectivity index (χ2v) is 6.26. The predicted molar refractivity (Wildman–Crippen MR) is 74.1 cm³/mol. The lowest BCUT2D eigenvalue weighted by Crippen LogP contribution is -2.38. The van der Waals surface area contributed by atoms with E-state index in [9.17, 15) is 9.90 Å². The molecular weight excluding hydrogens is 246 g/mol. The summed E-state index contributed by atoms with van der Waals surface area (Å²) in [5.74, 6) is 0.258. The molecule has 1 fully saturated rings. The van der Waals surface area contributed by atoms with Gasteiger partial charge in [0.15, 0.2) is 0 Å². The maximum absolute atomic E-state index is 12.2. The number of thiophene rings is 1. The van der Waals surface area contributed by atoms with Crippen molar-refractivity contribution in [2.45, 2.75) is 45.6 Å². The Labute approximate surface area is 112 Å². The van der Waals surface area contributed by atoms with Crippen molar-refractivity contribution in [1.82, 2.24) is 5.32 Å². The zero-order valence-corrected chi connectivity index (χ0v) is 11.8. The minimum atomic E-state index is 0.0214. The molecule has 18 heavy (non-hydrogen) atoms. The summed E-state index contributed by atoms with van der Waals surface area (Å²) in [6.45, 7) is 4.34. The maximum atomic E-state index is 12.2. The van der Waals surface area contributed by atoms with Crippen LogP contribution in [0.15, 0.2) is 6.07 Å². The van der Waals surface area contributed by atoms with Crippen molar-refractivity contribution in [3.63, 3.8) is 0 Å². The topological polar surface area (TPSA) is 49.3 Å². The van der Waals surface area contributed by atoms with Gasteiger partial charge in [0.2, 0.25) is 0 Å². The smallest absolute Gasteiger partial charge is 0.261 e. The van der Waals surface area contributed by atoms with Crippen molar-refractivity contribution in [3.05, 3.63) is 21.4 Å². The molecule has 3 nitrogen and oxygen atoms in total. The third-order valence-electron chi connectivity index (χ3n) is 3.84. The fraction of sp³-hybridized carbons (Fsp3) is 0.643. The molecule has 2 unspecified atom stereocenters. The number of aliphatic hydroxyl groups is 1.